The van der Waals surface area contributed by atoms with E-state index < -0.39 is 0 Å². The van der Waals surface area contributed by atoms with Gasteiger partial charge in [-0.3, -0.25) is 4.79 Å². The molecule has 0 saturated carbocycles. The molecule has 0 aromatic heterocycles. The van der Waals surface area contributed by atoms with Gasteiger partial charge in [0.2, 0.25) is 5.91 Å². The first-order valence-corrected chi connectivity index (χ1v) is 6.96. The molecule has 19 heavy (non-hydrogen) atoms. The number of para-hydroxylation sites is 1. The van der Waals surface area contributed by atoms with Crippen LogP contribution in [0.4, 0.5) is 0 Å². The molecule has 0 aliphatic carbocycles. The van der Waals surface area contributed by atoms with Gasteiger partial charge in [0, 0.05) is 18.0 Å². The van der Waals surface area contributed by atoms with Crippen molar-refractivity contribution < 1.29 is 9.53 Å². The van der Waals surface area contributed by atoms with E-state index in [1.54, 1.807) is 0 Å². The third kappa shape index (κ3) is 2.45. The van der Waals surface area contributed by atoms with E-state index in [1.165, 1.54) is 0 Å². The number of hydrogen-bond acceptors (Lipinski definition) is 3. The van der Waals surface area contributed by atoms with Gasteiger partial charge < -0.3 is 15.0 Å². The molecule has 1 atom stereocenters. The van der Waals surface area contributed by atoms with Crippen molar-refractivity contribution in [2.24, 2.45) is 11.8 Å². The minimum Gasteiger partial charge on any atom is -0.491 e. The first-order chi connectivity index (χ1) is 9.25. The van der Waals surface area contributed by atoms with Gasteiger partial charge in [-0.15, -0.1) is 0 Å². The molecular formula is C15H20N2O2. The average molecular weight is 260 g/mol. The third-order valence-corrected chi connectivity index (χ3v) is 4.17. The summed E-state index contributed by atoms with van der Waals surface area (Å²) in [4.78, 5) is 14.5. The molecule has 2 aliphatic heterocycles. The molecule has 1 saturated heterocycles. The highest BCUT2D eigenvalue weighted by Crippen LogP contribution is 2.25. The first kappa shape index (κ1) is 12.5. The minimum absolute atomic E-state index is 0.103. The molecule has 1 N–H and O–H groups in total. The van der Waals surface area contributed by atoms with Gasteiger partial charge in [0.15, 0.2) is 0 Å². The number of fused-ring (bicyclic) bond motifs is 1. The van der Waals surface area contributed by atoms with Gasteiger partial charge in [0.05, 0.1) is 6.54 Å². The summed E-state index contributed by atoms with van der Waals surface area (Å²) in [7, 11) is 0. The van der Waals surface area contributed by atoms with Crippen molar-refractivity contribution in [2.45, 2.75) is 13.5 Å². The topological polar surface area (TPSA) is 41.6 Å². The molecule has 2 aliphatic rings. The number of amides is 1. The molecule has 1 unspecified atom stereocenters. The van der Waals surface area contributed by atoms with Crippen LogP contribution in [0.5, 0.6) is 5.75 Å². The maximum Gasteiger partial charge on any atom is 0.226 e. The minimum atomic E-state index is 0.103. The van der Waals surface area contributed by atoms with Crippen LogP contribution >= 0.6 is 0 Å². The zero-order valence-electron chi connectivity index (χ0n) is 11.3. The van der Waals surface area contributed by atoms with E-state index in [4.69, 9.17) is 4.74 Å². The summed E-state index contributed by atoms with van der Waals surface area (Å²) in [5, 5.41) is 3.23. The zero-order chi connectivity index (χ0) is 13.2. The second-order valence-electron chi connectivity index (χ2n) is 5.42. The smallest absolute Gasteiger partial charge is 0.226 e. The summed E-state index contributed by atoms with van der Waals surface area (Å²) in [6.07, 6.45) is 0. The SMILES string of the molecule is CC(C(=O)N1CCOc2ccccc2C1)C1CNC1. The van der Waals surface area contributed by atoms with Gasteiger partial charge in [-0.25, -0.2) is 0 Å². The van der Waals surface area contributed by atoms with E-state index >= 15 is 0 Å². The lowest BCUT2D eigenvalue weighted by Crippen LogP contribution is -2.50. The predicted octanol–water partition coefficient (Wildman–Crippen LogP) is 1.26. The normalized spacial score (nSPS) is 20.8. The van der Waals surface area contributed by atoms with Crippen LogP contribution in [0.3, 0.4) is 0 Å². The van der Waals surface area contributed by atoms with Gasteiger partial charge in [0.25, 0.3) is 0 Å². The predicted molar refractivity (Wildman–Crippen MR) is 72.9 cm³/mol. The van der Waals surface area contributed by atoms with Crippen LogP contribution in [0.2, 0.25) is 0 Å². The second kappa shape index (κ2) is 5.21. The molecule has 4 heteroatoms. The number of rotatable bonds is 2. The lowest BCUT2D eigenvalue weighted by molar-refractivity contribution is -0.138. The molecule has 2 heterocycles. The lowest BCUT2D eigenvalue weighted by Gasteiger charge is -2.34. The highest BCUT2D eigenvalue weighted by atomic mass is 16.5. The van der Waals surface area contributed by atoms with Crippen LogP contribution in [-0.2, 0) is 11.3 Å². The molecule has 0 radical (unpaired) electrons. The van der Waals surface area contributed by atoms with Crippen molar-refractivity contribution in [3.05, 3.63) is 29.8 Å². The molecule has 102 valence electrons. The van der Waals surface area contributed by atoms with E-state index in [2.05, 4.69) is 5.32 Å². The van der Waals surface area contributed by atoms with Crippen LogP contribution in [-0.4, -0.2) is 37.0 Å². The van der Waals surface area contributed by atoms with Crippen molar-refractivity contribution >= 4 is 5.91 Å². The van der Waals surface area contributed by atoms with Crippen LogP contribution in [0.1, 0.15) is 12.5 Å². The maximum atomic E-state index is 12.5. The van der Waals surface area contributed by atoms with E-state index in [0.717, 1.165) is 24.4 Å². The van der Waals surface area contributed by atoms with Crippen LogP contribution in [0.25, 0.3) is 0 Å². The summed E-state index contributed by atoms with van der Waals surface area (Å²) < 4.78 is 5.70. The fourth-order valence-electron chi connectivity index (χ4n) is 2.67. The molecule has 1 fully saturated rings. The van der Waals surface area contributed by atoms with Gasteiger partial charge in [-0.1, -0.05) is 25.1 Å². The number of ether oxygens (including phenoxy) is 1. The Kier molecular flexibility index (Phi) is 3.42. The van der Waals surface area contributed by atoms with Gasteiger partial charge in [0.1, 0.15) is 12.4 Å². The molecule has 1 aromatic carbocycles. The summed E-state index contributed by atoms with van der Waals surface area (Å²) in [5.41, 5.74) is 1.10. The van der Waals surface area contributed by atoms with Gasteiger partial charge in [-0.2, -0.15) is 0 Å². The van der Waals surface area contributed by atoms with E-state index in [0.29, 0.717) is 25.6 Å². The average Bonchev–Trinajstić information content (AvgIpc) is 2.57. The Hall–Kier alpha value is -1.55. The Morgan fingerprint density at radius 2 is 2.21 bits per heavy atom. The van der Waals surface area contributed by atoms with Crippen LogP contribution < -0.4 is 10.1 Å². The highest BCUT2D eigenvalue weighted by molar-refractivity contribution is 5.79. The number of carbonyl (C=O) groups is 1. The fourth-order valence-corrected chi connectivity index (χ4v) is 2.67. The molecular weight excluding hydrogens is 240 g/mol. The number of hydrogen-bond donors (Lipinski definition) is 1. The van der Waals surface area contributed by atoms with Crippen LogP contribution in [0, 0.1) is 11.8 Å². The Morgan fingerprint density at radius 1 is 1.42 bits per heavy atom. The Morgan fingerprint density at radius 3 is 2.95 bits per heavy atom. The Labute approximate surface area is 113 Å². The number of carbonyl (C=O) groups excluding carboxylic acids is 1. The fraction of sp³-hybridized carbons (Fsp3) is 0.533. The summed E-state index contributed by atoms with van der Waals surface area (Å²) in [5.74, 6) is 1.76. The van der Waals surface area contributed by atoms with E-state index in [9.17, 15) is 4.79 Å². The third-order valence-electron chi connectivity index (χ3n) is 4.17. The first-order valence-electron chi connectivity index (χ1n) is 6.96. The molecule has 0 spiro atoms. The van der Waals surface area contributed by atoms with Crippen molar-refractivity contribution in [3.63, 3.8) is 0 Å². The molecule has 1 aromatic rings. The van der Waals surface area contributed by atoms with Gasteiger partial charge in [-0.05, 0) is 25.1 Å². The van der Waals surface area contributed by atoms with E-state index in [1.807, 2.05) is 36.1 Å². The lowest BCUT2D eigenvalue weighted by atomic mass is 9.88. The second-order valence-corrected chi connectivity index (χ2v) is 5.42. The van der Waals surface area contributed by atoms with Crippen LogP contribution in [0.15, 0.2) is 24.3 Å². The highest BCUT2D eigenvalue weighted by Gasteiger charge is 2.32. The quantitative estimate of drug-likeness (QED) is 0.870. The van der Waals surface area contributed by atoms with E-state index in [-0.39, 0.29) is 11.8 Å². The molecule has 0 bridgehead atoms. The molecule has 1 amide bonds. The van der Waals surface area contributed by atoms with Crippen molar-refractivity contribution in [1.82, 2.24) is 10.2 Å². The Bertz CT molecular complexity index is 471. The van der Waals surface area contributed by atoms with Gasteiger partial charge >= 0.3 is 0 Å². The number of benzene rings is 1. The van der Waals surface area contributed by atoms with Crippen molar-refractivity contribution in [3.8, 4) is 5.75 Å². The van der Waals surface area contributed by atoms with Crippen molar-refractivity contribution in [1.29, 1.82) is 0 Å². The van der Waals surface area contributed by atoms with Crippen molar-refractivity contribution in [2.75, 3.05) is 26.2 Å². The standard InChI is InChI=1S/C15H20N2O2/c1-11(13-8-16-9-13)15(18)17-6-7-19-14-5-3-2-4-12(14)10-17/h2-5,11,13,16H,6-10H2,1H3. The largest absolute Gasteiger partial charge is 0.491 e. The maximum absolute atomic E-state index is 12.5. The number of nitrogens with one attached hydrogen (secondary N) is 1. The molecule has 3 rings (SSSR count). The number of nitrogens with zero attached hydrogens (tertiary/aromatic N) is 1. The summed E-state index contributed by atoms with van der Waals surface area (Å²) in [6, 6.07) is 7.98. The molecule has 4 nitrogen and oxygen atoms in total. The zero-order valence-corrected chi connectivity index (χ0v) is 11.3. The summed E-state index contributed by atoms with van der Waals surface area (Å²) in [6.45, 7) is 5.91. The Balaban J connectivity index is 1.73. The summed E-state index contributed by atoms with van der Waals surface area (Å²) >= 11 is 0. The monoisotopic (exact) mass is 260 g/mol.